The predicted octanol–water partition coefficient (Wildman–Crippen LogP) is 3.55. The van der Waals surface area contributed by atoms with Gasteiger partial charge in [0.25, 0.3) is 0 Å². The zero-order valence-electron chi connectivity index (χ0n) is 15.6. The van der Waals surface area contributed by atoms with E-state index in [2.05, 4.69) is 20.4 Å². The van der Waals surface area contributed by atoms with Crippen molar-refractivity contribution in [2.24, 2.45) is 4.99 Å². The van der Waals surface area contributed by atoms with Crippen LogP contribution in [0.15, 0.2) is 59.6 Å². The molecule has 0 saturated heterocycles. The normalized spacial score (nSPS) is 10.8. The summed E-state index contributed by atoms with van der Waals surface area (Å²) in [6.45, 7) is -2.30. The fourth-order valence-corrected chi connectivity index (χ4v) is 2.40. The number of halogens is 3. The average Bonchev–Trinajstić information content (AvgIpc) is 2.64. The minimum atomic E-state index is -2.84. The number of hydrogen-bond acceptors (Lipinski definition) is 3. The van der Waals surface area contributed by atoms with Crippen LogP contribution in [0.1, 0.15) is 5.56 Å². The van der Waals surface area contributed by atoms with Gasteiger partial charge in [-0.05, 0) is 29.8 Å². The number of anilines is 1. The molecule has 0 atom stereocenters. The van der Waals surface area contributed by atoms with Crippen LogP contribution in [-0.4, -0.2) is 44.0 Å². The van der Waals surface area contributed by atoms with Crippen molar-refractivity contribution < 1.29 is 18.3 Å². The number of alkyl halides is 2. The minimum absolute atomic E-state index is 0. The molecule has 0 heterocycles. The molecule has 0 aromatic heterocycles. The van der Waals surface area contributed by atoms with E-state index < -0.39 is 6.61 Å². The first-order chi connectivity index (χ1) is 13.0. The van der Waals surface area contributed by atoms with E-state index in [1.807, 2.05) is 30.1 Å². The third-order valence-corrected chi connectivity index (χ3v) is 3.61. The molecule has 0 saturated carbocycles. The molecule has 0 bridgehead atoms. The van der Waals surface area contributed by atoms with Crippen LogP contribution >= 0.6 is 24.0 Å². The van der Waals surface area contributed by atoms with Crippen molar-refractivity contribution in [2.45, 2.75) is 13.2 Å². The molecule has 1 amide bonds. The Morgan fingerprint density at radius 2 is 1.79 bits per heavy atom. The van der Waals surface area contributed by atoms with Crippen LogP contribution in [-0.2, 0) is 11.3 Å². The summed E-state index contributed by atoms with van der Waals surface area (Å²) < 4.78 is 28.7. The number of para-hydroxylation sites is 1. The molecule has 152 valence electrons. The van der Waals surface area contributed by atoms with Gasteiger partial charge in [-0.2, -0.15) is 8.78 Å². The summed E-state index contributed by atoms with van der Waals surface area (Å²) in [6.07, 6.45) is 0. The minimum Gasteiger partial charge on any atom is -0.435 e. The second kappa shape index (κ2) is 12.1. The average molecular weight is 504 g/mol. The maximum atomic E-state index is 12.2. The summed E-state index contributed by atoms with van der Waals surface area (Å²) in [5, 5.41) is 5.77. The molecule has 28 heavy (non-hydrogen) atoms. The van der Waals surface area contributed by atoms with Gasteiger partial charge in [0.2, 0.25) is 5.91 Å². The van der Waals surface area contributed by atoms with Crippen molar-refractivity contribution in [3.8, 4) is 5.75 Å². The number of guanidine groups is 1. The van der Waals surface area contributed by atoms with Gasteiger partial charge in [-0.15, -0.1) is 24.0 Å². The van der Waals surface area contributed by atoms with Crippen molar-refractivity contribution in [1.82, 2.24) is 10.2 Å². The summed E-state index contributed by atoms with van der Waals surface area (Å²) >= 11 is 0. The molecule has 2 aromatic rings. The quantitative estimate of drug-likeness (QED) is 0.344. The summed E-state index contributed by atoms with van der Waals surface area (Å²) in [6, 6.07) is 15.5. The fourth-order valence-electron chi connectivity index (χ4n) is 2.40. The molecule has 0 aliphatic carbocycles. The fraction of sp³-hybridized carbons (Fsp3) is 0.263. The third-order valence-electron chi connectivity index (χ3n) is 3.61. The Morgan fingerprint density at radius 3 is 2.36 bits per heavy atom. The van der Waals surface area contributed by atoms with Crippen LogP contribution in [0.4, 0.5) is 14.5 Å². The number of ether oxygens (including phenoxy) is 1. The highest BCUT2D eigenvalue weighted by Gasteiger charge is 2.10. The summed E-state index contributed by atoms with van der Waals surface area (Å²) in [5.41, 5.74) is 1.61. The van der Waals surface area contributed by atoms with E-state index in [0.717, 1.165) is 11.3 Å². The number of amides is 1. The van der Waals surface area contributed by atoms with Gasteiger partial charge in [-0.1, -0.05) is 30.3 Å². The Balaban J connectivity index is 0.00000392. The van der Waals surface area contributed by atoms with Crippen molar-refractivity contribution in [1.29, 1.82) is 0 Å². The van der Waals surface area contributed by atoms with Gasteiger partial charge < -0.3 is 20.3 Å². The highest BCUT2D eigenvalue weighted by molar-refractivity contribution is 14.0. The van der Waals surface area contributed by atoms with Crippen molar-refractivity contribution in [3.05, 3.63) is 60.2 Å². The van der Waals surface area contributed by atoms with E-state index in [4.69, 9.17) is 0 Å². The maximum Gasteiger partial charge on any atom is 0.387 e. The van der Waals surface area contributed by atoms with Gasteiger partial charge in [0.05, 0.1) is 6.54 Å². The molecule has 6 nitrogen and oxygen atoms in total. The van der Waals surface area contributed by atoms with Crippen LogP contribution in [0, 0.1) is 0 Å². The lowest BCUT2D eigenvalue weighted by atomic mass is 10.2. The van der Waals surface area contributed by atoms with Crippen LogP contribution in [0.3, 0.4) is 0 Å². The van der Waals surface area contributed by atoms with Gasteiger partial charge in [0.15, 0.2) is 5.96 Å². The first-order valence-corrected chi connectivity index (χ1v) is 8.28. The number of aliphatic imine (C=N–C) groups is 1. The number of carbonyl (C=O) groups is 1. The van der Waals surface area contributed by atoms with E-state index in [1.165, 1.54) is 12.1 Å². The van der Waals surface area contributed by atoms with E-state index >= 15 is 0 Å². The summed E-state index contributed by atoms with van der Waals surface area (Å²) in [7, 11) is 3.43. The number of carbonyl (C=O) groups excluding carboxylic acids is 1. The Kier molecular flexibility index (Phi) is 10.2. The van der Waals surface area contributed by atoms with Crippen LogP contribution in [0.25, 0.3) is 0 Å². The molecule has 9 heteroatoms. The van der Waals surface area contributed by atoms with Crippen LogP contribution in [0.2, 0.25) is 0 Å². The zero-order chi connectivity index (χ0) is 19.6. The van der Waals surface area contributed by atoms with E-state index in [9.17, 15) is 13.6 Å². The monoisotopic (exact) mass is 504 g/mol. The number of hydrogen-bond donors (Lipinski definition) is 2. The van der Waals surface area contributed by atoms with E-state index in [1.54, 1.807) is 31.3 Å². The topological polar surface area (TPSA) is 66.0 Å². The van der Waals surface area contributed by atoms with Crippen molar-refractivity contribution in [3.63, 3.8) is 0 Å². The molecule has 2 rings (SSSR count). The molecule has 0 spiro atoms. The van der Waals surface area contributed by atoms with Crippen molar-refractivity contribution in [2.75, 3.05) is 26.0 Å². The van der Waals surface area contributed by atoms with Gasteiger partial charge in [-0.3, -0.25) is 9.79 Å². The summed E-state index contributed by atoms with van der Waals surface area (Å²) in [4.78, 5) is 18.0. The molecule has 2 aromatic carbocycles. The van der Waals surface area contributed by atoms with Crippen LogP contribution in [0.5, 0.6) is 5.75 Å². The smallest absolute Gasteiger partial charge is 0.387 e. The Morgan fingerprint density at radius 1 is 1.14 bits per heavy atom. The molecule has 0 aliphatic heterocycles. The second-order valence-corrected chi connectivity index (χ2v) is 5.69. The molecule has 0 aliphatic rings. The highest BCUT2D eigenvalue weighted by Crippen LogP contribution is 2.15. The van der Waals surface area contributed by atoms with Gasteiger partial charge in [0, 0.05) is 26.3 Å². The molecule has 0 radical (unpaired) electrons. The lowest BCUT2D eigenvalue weighted by molar-refractivity contribution is -0.115. The Bertz CT molecular complexity index is 758. The lowest BCUT2D eigenvalue weighted by Crippen LogP contribution is -2.42. The van der Waals surface area contributed by atoms with Gasteiger partial charge >= 0.3 is 6.61 Å². The molecule has 0 fully saturated rings. The summed E-state index contributed by atoms with van der Waals surface area (Å²) in [5.74, 6) is 0.451. The predicted molar refractivity (Wildman–Crippen MR) is 116 cm³/mol. The molecule has 2 N–H and O–H groups in total. The maximum absolute atomic E-state index is 12.2. The Labute approximate surface area is 180 Å². The lowest BCUT2D eigenvalue weighted by Gasteiger charge is -2.22. The SMILES string of the molecule is CN=C(NCC(=O)Nc1ccccc1)N(C)Cc1ccc(OC(F)F)cc1.I. The highest BCUT2D eigenvalue weighted by atomic mass is 127. The number of nitrogens with zero attached hydrogens (tertiary/aromatic N) is 2. The first-order valence-electron chi connectivity index (χ1n) is 8.28. The van der Waals surface area contributed by atoms with E-state index in [0.29, 0.717) is 12.5 Å². The third kappa shape index (κ3) is 8.07. The van der Waals surface area contributed by atoms with E-state index in [-0.39, 0.29) is 42.2 Å². The standard InChI is InChI=1S/C19H22F2N4O2.HI/c1-22-19(23-12-17(26)24-15-6-4-3-5-7-15)25(2)13-14-8-10-16(11-9-14)27-18(20)21;/h3-11,18H,12-13H2,1-2H3,(H,22,23)(H,24,26);1H. The number of nitrogens with one attached hydrogen (secondary N) is 2. The number of rotatable bonds is 7. The Hall–Kier alpha value is -2.43. The van der Waals surface area contributed by atoms with Crippen molar-refractivity contribution >= 4 is 41.5 Å². The largest absolute Gasteiger partial charge is 0.435 e. The zero-order valence-corrected chi connectivity index (χ0v) is 17.9. The van der Waals surface area contributed by atoms with Crippen LogP contribution < -0.4 is 15.4 Å². The second-order valence-electron chi connectivity index (χ2n) is 5.69. The molecule has 0 unspecified atom stereocenters. The molecular weight excluding hydrogens is 481 g/mol. The van der Waals surface area contributed by atoms with Gasteiger partial charge in [0.1, 0.15) is 5.75 Å². The number of benzene rings is 2. The molecular formula is C19H23F2IN4O2. The van der Waals surface area contributed by atoms with Gasteiger partial charge in [-0.25, -0.2) is 0 Å². The first kappa shape index (κ1) is 23.6.